The van der Waals surface area contributed by atoms with Gasteiger partial charge in [0.25, 0.3) is 0 Å². The van der Waals surface area contributed by atoms with Gasteiger partial charge in [-0.2, -0.15) is 5.10 Å². The molecule has 2 bridgehead atoms. The highest BCUT2D eigenvalue weighted by Gasteiger charge is 2.35. The van der Waals surface area contributed by atoms with Gasteiger partial charge in [0.1, 0.15) is 6.10 Å². The molecule has 0 spiro atoms. The van der Waals surface area contributed by atoms with Crippen molar-refractivity contribution in [1.82, 2.24) is 15.1 Å². The van der Waals surface area contributed by atoms with Crippen LogP contribution in [0.3, 0.4) is 0 Å². The Morgan fingerprint density at radius 3 is 2.80 bits per heavy atom. The number of piperidine rings is 3. The minimum Gasteiger partial charge on any atom is -0.472 e. The van der Waals surface area contributed by atoms with Gasteiger partial charge in [-0.1, -0.05) is 0 Å². The lowest BCUT2D eigenvalue weighted by Crippen LogP contribution is -2.52. The van der Waals surface area contributed by atoms with Crippen molar-refractivity contribution in [2.24, 2.45) is 5.92 Å². The van der Waals surface area contributed by atoms with Crippen molar-refractivity contribution in [3.8, 4) is 5.88 Å². The fourth-order valence-corrected chi connectivity index (χ4v) is 2.55. The second kappa shape index (κ2) is 3.77. The Kier molecular flexibility index (Phi) is 2.29. The fourth-order valence-electron chi connectivity index (χ4n) is 2.55. The lowest BCUT2D eigenvalue weighted by atomic mass is 9.86. The molecule has 4 rings (SSSR count). The van der Waals surface area contributed by atoms with Crippen LogP contribution in [0.2, 0.25) is 0 Å². The van der Waals surface area contributed by atoms with E-state index in [-0.39, 0.29) is 0 Å². The van der Waals surface area contributed by atoms with Crippen LogP contribution in [0.25, 0.3) is 0 Å². The summed E-state index contributed by atoms with van der Waals surface area (Å²) in [6.07, 6.45) is 4.53. The molecule has 80 valence electrons. The summed E-state index contributed by atoms with van der Waals surface area (Å²) in [5.74, 6) is 1.38. The summed E-state index contributed by atoms with van der Waals surface area (Å²) in [4.78, 5) is 2.47. The molecule has 3 aliphatic rings. The molecule has 4 heterocycles. The van der Waals surface area contributed by atoms with E-state index in [1.165, 1.54) is 25.9 Å². The summed E-state index contributed by atoms with van der Waals surface area (Å²) < 4.78 is 5.87. The van der Waals surface area contributed by atoms with E-state index in [9.17, 15) is 0 Å². The lowest BCUT2D eigenvalue weighted by molar-refractivity contribution is -0.0104. The Bertz CT molecular complexity index is 322. The standard InChI is InChI=1S/C11H15N3O/c1-2-11(13-12-5-1)15-10-8-14-6-3-9(10)4-7-14/h1-2,5,9-10H,3-4,6-8H2/t10-/m0/s1. The van der Waals surface area contributed by atoms with Crippen molar-refractivity contribution in [2.75, 3.05) is 19.6 Å². The first-order valence-corrected chi connectivity index (χ1v) is 5.58. The molecule has 0 aliphatic carbocycles. The molecular formula is C11H15N3O. The molecule has 0 N–H and O–H groups in total. The second-order valence-electron chi connectivity index (χ2n) is 4.36. The zero-order valence-electron chi connectivity index (χ0n) is 8.67. The van der Waals surface area contributed by atoms with E-state index < -0.39 is 0 Å². The average molecular weight is 205 g/mol. The van der Waals surface area contributed by atoms with Crippen LogP contribution in [0, 0.1) is 5.92 Å². The molecule has 1 aromatic heterocycles. The minimum absolute atomic E-state index is 0.323. The number of fused-ring (bicyclic) bond motifs is 3. The van der Waals surface area contributed by atoms with E-state index >= 15 is 0 Å². The van der Waals surface area contributed by atoms with Crippen LogP contribution in [-0.4, -0.2) is 40.8 Å². The quantitative estimate of drug-likeness (QED) is 0.720. The van der Waals surface area contributed by atoms with E-state index in [0.29, 0.717) is 12.0 Å². The smallest absolute Gasteiger partial charge is 0.233 e. The highest BCUT2D eigenvalue weighted by atomic mass is 16.5. The summed E-state index contributed by atoms with van der Waals surface area (Å²) in [5, 5.41) is 7.79. The first-order valence-electron chi connectivity index (χ1n) is 5.58. The molecular weight excluding hydrogens is 190 g/mol. The van der Waals surface area contributed by atoms with Gasteiger partial charge in [0, 0.05) is 18.8 Å². The molecule has 3 aliphatic heterocycles. The molecule has 3 saturated heterocycles. The third-order valence-corrected chi connectivity index (χ3v) is 3.42. The summed E-state index contributed by atoms with van der Waals surface area (Å²) in [5.41, 5.74) is 0. The van der Waals surface area contributed by atoms with Gasteiger partial charge >= 0.3 is 0 Å². The van der Waals surface area contributed by atoms with Crippen molar-refractivity contribution in [2.45, 2.75) is 18.9 Å². The van der Waals surface area contributed by atoms with Crippen LogP contribution < -0.4 is 4.74 Å². The Balaban J connectivity index is 1.69. The van der Waals surface area contributed by atoms with E-state index in [2.05, 4.69) is 15.1 Å². The molecule has 3 fully saturated rings. The van der Waals surface area contributed by atoms with Crippen LogP contribution >= 0.6 is 0 Å². The number of hydrogen-bond donors (Lipinski definition) is 0. The topological polar surface area (TPSA) is 38.3 Å². The normalized spacial score (nSPS) is 34.0. The van der Waals surface area contributed by atoms with Crippen LogP contribution in [0.15, 0.2) is 18.3 Å². The number of ether oxygens (including phenoxy) is 1. The van der Waals surface area contributed by atoms with Crippen LogP contribution in [-0.2, 0) is 0 Å². The van der Waals surface area contributed by atoms with E-state index in [1.54, 1.807) is 6.20 Å². The van der Waals surface area contributed by atoms with Gasteiger partial charge in [0.2, 0.25) is 5.88 Å². The highest BCUT2D eigenvalue weighted by molar-refractivity contribution is 5.07. The van der Waals surface area contributed by atoms with E-state index in [1.807, 2.05) is 12.1 Å². The van der Waals surface area contributed by atoms with Gasteiger partial charge in [0.15, 0.2) is 0 Å². The zero-order valence-corrected chi connectivity index (χ0v) is 8.67. The molecule has 0 radical (unpaired) electrons. The third kappa shape index (κ3) is 1.81. The van der Waals surface area contributed by atoms with Crippen molar-refractivity contribution in [3.05, 3.63) is 18.3 Å². The van der Waals surface area contributed by atoms with Gasteiger partial charge in [-0.3, -0.25) is 4.90 Å². The van der Waals surface area contributed by atoms with Gasteiger partial charge in [-0.15, -0.1) is 5.10 Å². The zero-order chi connectivity index (χ0) is 10.1. The maximum atomic E-state index is 5.87. The predicted octanol–water partition coefficient (Wildman–Crippen LogP) is 0.950. The van der Waals surface area contributed by atoms with Crippen molar-refractivity contribution in [3.63, 3.8) is 0 Å². The predicted molar refractivity (Wildman–Crippen MR) is 55.6 cm³/mol. The molecule has 0 aromatic carbocycles. The van der Waals surface area contributed by atoms with Gasteiger partial charge in [-0.25, -0.2) is 0 Å². The Labute approximate surface area is 89.3 Å². The average Bonchev–Trinajstić information content (AvgIpc) is 2.32. The SMILES string of the molecule is c1cnnc(O[C@H]2CN3CCC2CC3)c1. The van der Waals surface area contributed by atoms with Crippen molar-refractivity contribution in [1.29, 1.82) is 0 Å². The van der Waals surface area contributed by atoms with Gasteiger partial charge in [-0.05, 0) is 37.9 Å². The summed E-state index contributed by atoms with van der Waals surface area (Å²) in [7, 11) is 0. The van der Waals surface area contributed by atoms with Crippen LogP contribution in [0.5, 0.6) is 5.88 Å². The number of nitrogens with zero attached hydrogens (tertiary/aromatic N) is 3. The summed E-state index contributed by atoms with van der Waals surface area (Å²) in [6, 6.07) is 3.74. The molecule has 0 amide bonds. The first kappa shape index (κ1) is 9.09. The molecule has 0 saturated carbocycles. The first-order chi connectivity index (χ1) is 7.42. The highest BCUT2D eigenvalue weighted by Crippen LogP contribution is 2.29. The summed E-state index contributed by atoms with van der Waals surface area (Å²) >= 11 is 0. The second-order valence-corrected chi connectivity index (χ2v) is 4.36. The summed E-state index contributed by atoms with van der Waals surface area (Å²) in [6.45, 7) is 3.54. The van der Waals surface area contributed by atoms with Crippen LogP contribution in [0.1, 0.15) is 12.8 Å². The fraction of sp³-hybridized carbons (Fsp3) is 0.636. The van der Waals surface area contributed by atoms with Crippen LogP contribution in [0.4, 0.5) is 0 Å². The van der Waals surface area contributed by atoms with Gasteiger partial charge in [0.05, 0.1) is 0 Å². The molecule has 4 nitrogen and oxygen atoms in total. The Morgan fingerprint density at radius 2 is 2.20 bits per heavy atom. The molecule has 1 atom stereocenters. The maximum absolute atomic E-state index is 5.87. The Hall–Kier alpha value is -1.16. The maximum Gasteiger partial charge on any atom is 0.233 e. The molecule has 4 heteroatoms. The van der Waals surface area contributed by atoms with Gasteiger partial charge < -0.3 is 4.74 Å². The molecule has 1 aromatic rings. The van der Waals surface area contributed by atoms with E-state index in [0.717, 1.165) is 12.5 Å². The molecule has 0 unspecified atom stereocenters. The Morgan fingerprint density at radius 1 is 1.33 bits per heavy atom. The largest absolute Gasteiger partial charge is 0.472 e. The number of hydrogen-bond acceptors (Lipinski definition) is 4. The number of aromatic nitrogens is 2. The monoisotopic (exact) mass is 205 g/mol. The van der Waals surface area contributed by atoms with Crippen molar-refractivity contribution >= 4 is 0 Å². The lowest BCUT2D eigenvalue weighted by Gasteiger charge is -2.44. The number of rotatable bonds is 2. The third-order valence-electron chi connectivity index (χ3n) is 3.42. The molecule has 15 heavy (non-hydrogen) atoms. The minimum atomic E-state index is 0.323. The van der Waals surface area contributed by atoms with Crippen molar-refractivity contribution < 1.29 is 4.74 Å². The van der Waals surface area contributed by atoms with E-state index in [4.69, 9.17) is 4.74 Å².